The number of rotatable bonds is 5. The Morgan fingerprint density at radius 1 is 1.56 bits per heavy atom. The first kappa shape index (κ1) is 12.6. The van der Waals surface area contributed by atoms with Gasteiger partial charge in [-0.05, 0) is 6.42 Å². The molecule has 0 fully saturated rings. The van der Waals surface area contributed by atoms with Crippen LogP contribution in [0.3, 0.4) is 0 Å². The zero-order chi connectivity index (χ0) is 12.1. The van der Waals surface area contributed by atoms with Crippen LogP contribution in [0.5, 0.6) is 0 Å². The number of likely N-dealkylation sites (N-methyl/N-ethyl adjacent to an activating group) is 1. The number of aliphatic carboxylic acids is 1. The van der Waals surface area contributed by atoms with Crippen molar-refractivity contribution in [2.75, 3.05) is 13.6 Å². The van der Waals surface area contributed by atoms with Crippen molar-refractivity contribution in [1.29, 1.82) is 0 Å². The molecule has 0 aliphatic carbocycles. The van der Waals surface area contributed by atoms with Crippen molar-refractivity contribution in [1.82, 2.24) is 9.88 Å². The highest BCUT2D eigenvalue weighted by atomic mass is 32.1. The van der Waals surface area contributed by atoms with E-state index in [4.69, 9.17) is 5.11 Å². The largest absolute Gasteiger partial charge is 0.480 e. The zero-order valence-electron chi connectivity index (χ0n) is 9.27. The van der Waals surface area contributed by atoms with Gasteiger partial charge in [0.05, 0.1) is 12.1 Å². The zero-order valence-corrected chi connectivity index (χ0v) is 10.1. The van der Waals surface area contributed by atoms with E-state index >= 15 is 0 Å². The number of carboxylic acids is 1. The molecule has 0 radical (unpaired) electrons. The van der Waals surface area contributed by atoms with Gasteiger partial charge in [-0.3, -0.25) is 9.59 Å². The van der Waals surface area contributed by atoms with Crippen LogP contribution < -0.4 is 0 Å². The maximum Gasteiger partial charge on any atom is 0.323 e. The number of carbonyl (C=O) groups is 2. The minimum Gasteiger partial charge on any atom is -0.480 e. The maximum absolute atomic E-state index is 11.6. The van der Waals surface area contributed by atoms with Crippen LogP contribution in [-0.2, 0) is 22.4 Å². The van der Waals surface area contributed by atoms with E-state index < -0.39 is 5.97 Å². The number of aromatic nitrogens is 1. The molecule has 1 heterocycles. The molecular weight excluding hydrogens is 228 g/mol. The van der Waals surface area contributed by atoms with Crippen LogP contribution in [0.15, 0.2) is 5.38 Å². The summed E-state index contributed by atoms with van der Waals surface area (Å²) >= 11 is 1.43. The molecular formula is C10H14N2O3S. The highest BCUT2D eigenvalue weighted by Crippen LogP contribution is 2.11. The molecule has 6 heteroatoms. The molecule has 0 aliphatic rings. The van der Waals surface area contributed by atoms with Gasteiger partial charge in [-0.15, -0.1) is 11.3 Å². The van der Waals surface area contributed by atoms with Crippen molar-refractivity contribution in [3.05, 3.63) is 16.1 Å². The molecule has 0 saturated heterocycles. The van der Waals surface area contributed by atoms with Gasteiger partial charge in [-0.1, -0.05) is 6.92 Å². The monoisotopic (exact) mass is 242 g/mol. The maximum atomic E-state index is 11.6. The molecule has 0 bridgehead atoms. The molecule has 0 atom stereocenters. The minimum atomic E-state index is -1.01. The van der Waals surface area contributed by atoms with Gasteiger partial charge in [-0.25, -0.2) is 4.98 Å². The smallest absolute Gasteiger partial charge is 0.323 e. The summed E-state index contributed by atoms with van der Waals surface area (Å²) in [6.07, 6.45) is 1.02. The van der Waals surface area contributed by atoms with Crippen LogP contribution in [0.1, 0.15) is 17.6 Å². The van der Waals surface area contributed by atoms with E-state index in [-0.39, 0.29) is 18.9 Å². The lowest BCUT2D eigenvalue weighted by Crippen LogP contribution is -2.33. The Bertz CT molecular complexity index is 389. The molecule has 1 N–H and O–H groups in total. The summed E-state index contributed by atoms with van der Waals surface area (Å²) in [4.78, 5) is 27.4. The molecule has 1 amide bonds. The topological polar surface area (TPSA) is 70.5 Å². The van der Waals surface area contributed by atoms with E-state index in [1.54, 1.807) is 0 Å². The molecule has 1 aromatic heterocycles. The number of carbonyl (C=O) groups excluding carboxylic acids is 1. The fourth-order valence-corrected chi connectivity index (χ4v) is 2.02. The number of nitrogens with zero attached hydrogens (tertiary/aromatic N) is 2. The number of amides is 1. The van der Waals surface area contributed by atoms with Crippen molar-refractivity contribution >= 4 is 23.2 Å². The molecule has 88 valence electrons. The third-order valence-corrected chi connectivity index (χ3v) is 2.96. The number of hydrogen-bond donors (Lipinski definition) is 1. The normalized spacial score (nSPS) is 10.1. The molecule has 0 aromatic carbocycles. The van der Waals surface area contributed by atoms with Gasteiger partial charge in [-0.2, -0.15) is 0 Å². The molecule has 0 saturated carbocycles. The van der Waals surface area contributed by atoms with E-state index in [1.807, 2.05) is 12.3 Å². The Balaban J connectivity index is 2.53. The fraction of sp³-hybridized carbons (Fsp3) is 0.500. The third-order valence-electron chi connectivity index (χ3n) is 2.06. The van der Waals surface area contributed by atoms with Gasteiger partial charge >= 0.3 is 5.97 Å². The van der Waals surface area contributed by atoms with E-state index in [1.165, 1.54) is 23.3 Å². The van der Waals surface area contributed by atoms with Crippen molar-refractivity contribution in [3.8, 4) is 0 Å². The summed E-state index contributed by atoms with van der Waals surface area (Å²) in [5.41, 5.74) is 0.966. The van der Waals surface area contributed by atoms with Gasteiger partial charge in [0, 0.05) is 12.4 Å². The fourth-order valence-electron chi connectivity index (χ4n) is 1.15. The number of carboxylic acid groups (broad SMARTS) is 1. The second-order valence-electron chi connectivity index (χ2n) is 3.41. The van der Waals surface area contributed by atoms with Gasteiger partial charge in [0.25, 0.3) is 0 Å². The lowest BCUT2D eigenvalue weighted by atomic mass is 10.3. The Kier molecular flexibility index (Phi) is 4.42. The summed E-state index contributed by atoms with van der Waals surface area (Å²) in [7, 11) is 1.48. The molecule has 1 rings (SSSR count). The molecule has 16 heavy (non-hydrogen) atoms. The average molecular weight is 242 g/mol. The predicted octanol–water partition coefficient (Wildman–Crippen LogP) is 0.791. The average Bonchev–Trinajstić information content (AvgIpc) is 2.64. The van der Waals surface area contributed by atoms with Crippen molar-refractivity contribution < 1.29 is 14.7 Å². The van der Waals surface area contributed by atoms with Crippen LogP contribution in [0.25, 0.3) is 0 Å². The lowest BCUT2D eigenvalue weighted by Gasteiger charge is -2.13. The quantitative estimate of drug-likeness (QED) is 0.828. The standard InChI is InChI=1S/C10H14N2O3S/c1-3-7-6-16-8(11-7)4-9(13)12(2)5-10(14)15/h6H,3-5H2,1-2H3,(H,14,15). The third kappa shape index (κ3) is 3.62. The van der Waals surface area contributed by atoms with Crippen molar-refractivity contribution in [3.63, 3.8) is 0 Å². The number of aryl methyl sites for hydroxylation is 1. The molecule has 5 nitrogen and oxygen atoms in total. The van der Waals surface area contributed by atoms with Crippen LogP contribution >= 0.6 is 11.3 Å². The van der Waals surface area contributed by atoms with E-state index in [0.717, 1.165) is 17.1 Å². The predicted molar refractivity (Wildman–Crippen MR) is 60.5 cm³/mol. The molecule has 1 aromatic rings. The van der Waals surface area contributed by atoms with Gasteiger partial charge < -0.3 is 10.0 Å². The Hall–Kier alpha value is -1.43. The first-order valence-electron chi connectivity index (χ1n) is 4.92. The molecule has 0 spiro atoms. The van der Waals surface area contributed by atoms with Gasteiger partial charge in [0.15, 0.2) is 0 Å². The first-order chi connectivity index (χ1) is 7.52. The first-order valence-corrected chi connectivity index (χ1v) is 5.80. The highest BCUT2D eigenvalue weighted by molar-refractivity contribution is 7.09. The SMILES string of the molecule is CCc1csc(CC(=O)N(C)CC(=O)O)n1. The van der Waals surface area contributed by atoms with Gasteiger partial charge in [0.2, 0.25) is 5.91 Å². The summed E-state index contributed by atoms with van der Waals surface area (Å²) in [6.45, 7) is 1.72. The minimum absolute atomic E-state index is 0.175. The number of hydrogen-bond acceptors (Lipinski definition) is 4. The van der Waals surface area contributed by atoms with Gasteiger partial charge in [0.1, 0.15) is 11.6 Å². The van der Waals surface area contributed by atoms with E-state index in [0.29, 0.717) is 0 Å². The van der Waals surface area contributed by atoms with Crippen LogP contribution in [0.4, 0.5) is 0 Å². The summed E-state index contributed by atoms with van der Waals surface area (Å²) in [5, 5.41) is 11.2. The van der Waals surface area contributed by atoms with Crippen LogP contribution in [-0.4, -0.2) is 40.5 Å². The molecule has 0 aliphatic heterocycles. The second-order valence-corrected chi connectivity index (χ2v) is 4.35. The van der Waals surface area contributed by atoms with Crippen LogP contribution in [0, 0.1) is 0 Å². The highest BCUT2D eigenvalue weighted by Gasteiger charge is 2.14. The Labute approximate surface area is 97.7 Å². The summed E-state index contributed by atoms with van der Waals surface area (Å²) < 4.78 is 0. The summed E-state index contributed by atoms with van der Waals surface area (Å²) in [5.74, 6) is -1.23. The number of thiazole rings is 1. The van der Waals surface area contributed by atoms with E-state index in [9.17, 15) is 9.59 Å². The summed E-state index contributed by atoms with van der Waals surface area (Å²) in [6, 6.07) is 0. The second kappa shape index (κ2) is 5.60. The Morgan fingerprint density at radius 2 is 2.25 bits per heavy atom. The van der Waals surface area contributed by atoms with E-state index in [2.05, 4.69) is 4.98 Å². The lowest BCUT2D eigenvalue weighted by molar-refractivity contribution is -0.143. The van der Waals surface area contributed by atoms with Crippen molar-refractivity contribution in [2.45, 2.75) is 19.8 Å². The Morgan fingerprint density at radius 3 is 2.75 bits per heavy atom. The molecule has 0 unspecified atom stereocenters. The van der Waals surface area contributed by atoms with Crippen molar-refractivity contribution in [2.24, 2.45) is 0 Å². The van der Waals surface area contributed by atoms with Crippen LogP contribution in [0.2, 0.25) is 0 Å².